The van der Waals surface area contributed by atoms with Crippen LogP contribution in [0.3, 0.4) is 0 Å². The quantitative estimate of drug-likeness (QED) is 0.717. The third-order valence-corrected chi connectivity index (χ3v) is 4.00. The number of rotatable bonds is 6. The van der Waals surface area contributed by atoms with Gasteiger partial charge in [-0.2, -0.15) is 0 Å². The maximum absolute atomic E-state index is 12.3. The molecule has 0 atom stereocenters. The first-order chi connectivity index (χ1) is 8.70. The molecular weight excluding hydrogens is 222 g/mol. The number of Topliss-reactive ketones (excluding diaryl/α,β-unsaturated/α-hetero) is 1. The molecule has 1 saturated carbocycles. The first-order valence-electron chi connectivity index (χ1n) is 7.02. The van der Waals surface area contributed by atoms with Gasteiger partial charge in [0.2, 0.25) is 0 Å². The Bertz CT molecular complexity index is 409. The van der Waals surface area contributed by atoms with Gasteiger partial charge in [0.15, 0.2) is 5.78 Å². The van der Waals surface area contributed by atoms with Gasteiger partial charge in [-0.1, -0.05) is 37.6 Å². The molecule has 0 radical (unpaired) electrons. The monoisotopic (exact) mass is 245 g/mol. The van der Waals surface area contributed by atoms with E-state index in [9.17, 15) is 4.79 Å². The average molecular weight is 245 g/mol. The molecule has 0 spiro atoms. The summed E-state index contributed by atoms with van der Waals surface area (Å²) in [7, 11) is 0. The van der Waals surface area contributed by atoms with E-state index in [-0.39, 0.29) is 5.78 Å². The fourth-order valence-corrected chi connectivity index (χ4v) is 2.52. The van der Waals surface area contributed by atoms with Gasteiger partial charge in [-0.3, -0.25) is 9.69 Å². The number of carbonyl (C=O) groups excluding carboxylic acids is 1. The molecule has 2 heteroatoms. The Morgan fingerprint density at radius 1 is 1.33 bits per heavy atom. The summed E-state index contributed by atoms with van der Waals surface area (Å²) in [6.07, 6.45) is 4.05. The Morgan fingerprint density at radius 3 is 2.61 bits per heavy atom. The standard InChI is InChI=1S/C16H23NO/c1-3-17(11-14-8-6-9-14)12-16(18)15-10-5-4-7-13(15)2/h4-5,7,10,14H,3,6,8-9,11-12H2,1-2H3. The molecule has 0 amide bonds. The summed E-state index contributed by atoms with van der Waals surface area (Å²) >= 11 is 0. The zero-order valence-corrected chi connectivity index (χ0v) is 11.5. The van der Waals surface area contributed by atoms with Crippen LogP contribution in [0, 0.1) is 12.8 Å². The van der Waals surface area contributed by atoms with Crippen LogP contribution in [0.2, 0.25) is 0 Å². The van der Waals surface area contributed by atoms with Crippen molar-refractivity contribution in [2.75, 3.05) is 19.6 Å². The Kier molecular flexibility index (Phi) is 4.54. The molecule has 2 nitrogen and oxygen atoms in total. The van der Waals surface area contributed by atoms with E-state index in [0.717, 1.165) is 30.1 Å². The maximum atomic E-state index is 12.3. The van der Waals surface area contributed by atoms with Crippen LogP contribution in [0.5, 0.6) is 0 Å². The number of nitrogens with zero attached hydrogens (tertiary/aromatic N) is 1. The van der Waals surface area contributed by atoms with Gasteiger partial charge in [0, 0.05) is 12.1 Å². The summed E-state index contributed by atoms with van der Waals surface area (Å²) in [6, 6.07) is 7.88. The van der Waals surface area contributed by atoms with Crippen molar-refractivity contribution in [2.45, 2.75) is 33.1 Å². The second-order valence-corrected chi connectivity index (χ2v) is 5.36. The lowest BCUT2D eigenvalue weighted by molar-refractivity contribution is 0.0904. The van der Waals surface area contributed by atoms with Crippen LogP contribution in [0.25, 0.3) is 0 Å². The number of likely N-dealkylation sites (N-methyl/N-ethyl adjacent to an activating group) is 1. The first kappa shape index (κ1) is 13.3. The Morgan fingerprint density at radius 2 is 2.06 bits per heavy atom. The van der Waals surface area contributed by atoms with Gasteiger partial charge in [-0.15, -0.1) is 0 Å². The van der Waals surface area contributed by atoms with Crippen LogP contribution < -0.4 is 0 Å². The molecule has 1 aliphatic rings. The predicted octanol–water partition coefficient (Wildman–Crippen LogP) is 3.30. The Balaban J connectivity index is 1.94. The van der Waals surface area contributed by atoms with E-state index in [1.165, 1.54) is 19.3 Å². The molecule has 98 valence electrons. The van der Waals surface area contributed by atoms with Gasteiger partial charge in [-0.05, 0) is 37.8 Å². The number of hydrogen-bond donors (Lipinski definition) is 0. The minimum Gasteiger partial charge on any atom is -0.296 e. The fourth-order valence-electron chi connectivity index (χ4n) is 2.52. The van der Waals surface area contributed by atoms with Gasteiger partial charge in [0.05, 0.1) is 6.54 Å². The molecule has 1 aliphatic carbocycles. The van der Waals surface area contributed by atoms with Crippen molar-refractivity contribution in [1.82, 2.24) is 4.90 Å². The van der Waals surface area contributed by atoms with Gasteiger partial charge in [0.25, 0.3) is 0 Å². The third-order valence-electron chi connectivity index (χ3n) is 4.00. The molecule has 18 heavy (non-hydrogen) atoms. The average Bonchev–Trinajstić information content (AvgIpc) is 2.32. The van der Waals surface area contributed by atoms with E-state index in [4.69, 9.17) is 0 Å². The lowest BCUT2D eigenvalue weighted by Crippen LogP contribution is -2.36. The minimum atomic E-state index is 0.259. The fraction of sp³-hybridized carbons (Fsp3) is 0.562. The summed E-state index contributed by atoms with van der Waals surface area (Å²) in [5.41, 5.74) is 1.96. The maximum Gasteiger partial charge on any atom is 0.177 e. The van der Waals surface area contributed by atoms with Crippen LogP contribution in [0.4, 0.5) is 0 Å². The highest BCUT2D eigenvalue weighted by Crippen LogP contribution is 2.27. The smallest absolute Gasteiger partial charge is 0.177 e. The van der Waals surface area contributed by atoms with Crippen LogP contribution in [-0.2, 0) is 0 Å². The van der Waals surface area contributed by atoms with Crippen molar-refractivity contribution in [1.29, 1.82) is 0 Å². The van der Waals surface area contributed by atoms with E-state index >= 15 is 0 Å². The molecule has 0 aromatic heterocycles. The lowest BCUT2D eigenvalue weighted by atomic mass is 9.85. The van der Waals surface area contributed by atoms with Crippen LogP contribution in [-0.4, -0.2) is 30.3 Å². The second kappa shape index (κ2) is 6.14. The highest BCUT2D eigenvalue weighted by molar-refractivity contribution is 5.98. The van der Waals surface area contributed by atoms with E-state index in [2.05, 4.69) is 11.8 Å². The van der Waals surface area contributed by atoms with Crippen molar-refractivity contribution in [3.63, 3.8) is 0 Å². The first-order valence-corrected chi connectivity index (χ1v) is 7.02. The van der Waals surface area contributed by atoms with E-state index < -0.39 is 0 Å². The molecule has 0 saturated heterocycles. The predicted molar refractivity (Wildman–Crippen MR) is 75.0 cm³/mol. The third kappa shape index (κ3) is 3.20. The number of ketones is 1. The molecule has 0 bridgehead atoms. The molecule has 1 aromatic carbocycles. The Hall–Kier alpha value is -1.15. The van der Waals surface area contributed by atoms with E-state index in [0.29, 0.717) is 6.54 Å². The van der Waals surface area contributed by atoms with Crippen molar-refractivity contribution < 1.29 is 4.79 Å². The van der Waals surface area contributed by atoms with E-state index in [1.807, 2.05) is 31.2 Å². The van der Waals surface area contributed by atoms with Crippen molar-refractivity contribution in [3.05, 3.63) is 35.4 Å². The van der Waals surface area contributed by atoms with Gasteiger partial charge in [-0.25, -0.2) is 0 Å². The van der Waals surface area contributed by atoms with Crippen LogP contribution in [0.15, 0.2) is 24.3 Å². The Labute approximate surface area is 110 Å². The zero-order valence-electron chi connectivity index (χ0n) is 11.5. The van der Waals surface area contributed by atoms with Gasteiger partial charge >= 0.3 is 0 Å². The number of aryl methyl sites for hydroxylation is 1. The topological polar surface area (TPSA) is 20.3 Å². The molecule has 0 N–H and O–H groups in total. The summed E-state index contributed by atoms with van der Waals surface area (Å²) in [4.78, 5) is 14.6. The minimum absolute atomic E-state index is 0.259. The largest absolute Gasteiger partial charge is 0.296 e. The normalized spacial score (nSPS) is 15.7. The molecule has 2 rings (SSSR count). The molecule has 0 unspecified atom stereocenters. The summed E-state index contributed by atoms with van der Waals surface area (Å²) in [5.74, 6) is 1.09. The molecule has 1 fully saturated rings. The van der Waals surface area contributed by atoms with E-state index in [1.54, 1.807) is 0 Å². The second-order valence-electron chi connectivity index (χ2n) is 5.36. The highest BCUT2D eigenvalue weighted by atomic mass is 16.1. The van der Waals surface area contributed by atoms with Crippen LogP contribution >= 0.6 is 0 Å². The van der Waals surface area contributed by atoms with Crippen molar-refractivity contribution in [3.8, 4) is 0 Å². The van der Waals surface area contributed by atoms with Crippen molar-refractivity contribution in [2.24, 2.45) is 5.92 Å². The van der Waals surface area contributed by atoms with Gasteiger partial charge < -0.3 is 0 Å². The summed E-state index contributed by atoms with van der Waals surface area (Å²) < 4.78 is 0. The molecule has 1 aromatic rings. The zero-order chi connectivity index (χ0) is 13.0. The number of hydrogen-bond acceptors (Lipinski definition) is 2. The molecular formula is C16H23NO. The highest BCUT2D eigenvalue weighted by Gasteiger charge is 2.21. The van der Waals surface area contributed by atoms with Crippen LogP contribution in [0.1, 0.15) is 42.1 Å². The molecule has 0 aliphatic heterocycles. The summed E-state index contributed by atoms with van der Waals surface area (Å²) in [6.45, 7) is 6.78. The SMILES string of the molecule is CCN(CC(=O)c1ccccc1C)CC1CCC1. The molecule has 0 heterocycles. The number of benzene rings is 1. The number of carbonyl (C=O) groups is 1. The van der Waals surface area contributed by atoms with Crippen molar-refractivity contribution >= 4 is 5.78 Å². The summed E-state index contributed by atoms with van der Waals surface area (Å²) in [5, 5.41) is 0. The lowest BCUT2D eigenvalue weighted by Gasteiger charge is -2.31. The van der Waals surface area contributed by atoms with Gasteiger partial charge in [0.1, 0.15) is 0 Å².